The van der Waals surface area contributed by atoms with E-state index in [4.69, 9.17) is 4.98 Å². The molecule has 3 heteroatoms. The van der Waals surface area contributed by atoms with E-state index in [9.17, 15) is 0 Å². The van der Waals surface area contributed by atoms with Crippen LogP contribution in [-0.4, -0.2) is 11.0 Å². The van der Waals surface area contributed by atoms with Crippen LogP contribution in [0, 0.1) is 0 Å². The monoisotopic (exact) mass is 274 g/mol. The molecule has 0 unspecified atom stereocenters. The molecule has 1 aromatic heterocycles. The van der Waals surface area contributed by atoms with Crippen molar-refractivity contribution in [3.05, 3.63) is 40.9 Å². The van der Waals surface area contributed by atoms with E-state index in [-0.39, 0.29) is 0 Å². The molecule has 19 heavy (non-hydrogen) atoms. The molecule has 102 valence electrons. The van der Waals surface area contributed by atoms with Gasteiger partial charge in [-0.2, -0.15) is 0 Å². The van der Waals surface area contributed by atoms with Crippen LogP contribution in [0.3, 0.4) is 0 Å². The molecule has 0 aliphatic carbocycles. The minimum absolute atomic E-state index is 0.511. The van der Waals surface area contributed by atoms with Crippen molar-refractivity contribution in [2.24, 2.45) is 0 Å². The Morgan fingerprint density at radius 2 is 1.95 bits per heavy atom. The summed E-state index contributed by atoms with van der Waals surface area (Å²) in [6.45, 7) is 7.50. The molecule has 2 rings (SSSR count). The van der Waals surface area contributed by atoms with Crippen molar-refractivity contribution >= 4 is 11.3 Å². The van der Waals surface area contributed by atoms with Gasteiger partial charge in [0.05, 0.1) is 5.69 Å². The molecule has 0 atom stereocenters. The topological polar surface area (TPSA) is 24.9 Å². The summed E-state index contributed by atoms with van der Waals surface area (Å²) in [7, 11) is 0. The summed E-state index contributed by atoms with van der Waals surface area (Å²) in [6, 6.07) is 11.0. The number of hydrogen-bond acceptors (Lipinski definition) is 3. The second-order valence-corrected chi connectivity index (χ2v) is 6.12. The fraction of sp³-hybridized carbons (Fsp3) is 0.438. The highest BCUT2D eigenvalue weighted by Crippen LogP contribution is 2.28. The van der Waals surface area contributed by atoms with Crippen LogP contribution >= 0.6 is 11.3 Å². The first-order chi connectivity index (χ1) is 9.20. The maximum Gasteiger partial charge on any atom is 0.123 e. The van der Waals surface area contributed by atoms with Crippen molar-refractivity contribution in [1.82, 2.24) is 10.3 Å². The van der Waals surface area contributed by atoms with Crippen LogP contribution in [0.4, 0.5) is 0 Å². The molecule has 0 aliphatic heterocycles. The van der Waals surface area contributed by atoms with Crippen LogP contribution < -0.4 is 5.32 Å². The van der Waals surface area contributed by atoms with Gasteiger partial charge >= 0.3 is 0 Å². The van der Waals surface area contributed by atoms with Gasteiger partial charge in [0.2, 0.25) is 0 Å². The highest BCUT2D eigenvalue weighted by atomic mass is 32.1. The summed E-state index contributed by atoms with van der Waals surface area (Å²) in [4.78, 5) is 6.21. The maximum absolute atomic E-state index is 4.83. The number of rotatable bonds is 6. The van der Waals surface area contributed by atoms with E-state index in [1.54, 1.807) is 0 Å². The number of aromatic nitrogens is 1. The first-order valence-electron chi connectivity index (χ1n) is 6.98. The molecule has 1 aromatic carbocycles. The lowest BCUT2D eigenvalue weighted by atomic mass is 10.2. The molecular formula is C16H22N2S. The number of aryl methyl sites for hydroxylation is 1. The molecule has 0 saturated carbocycles. The summed E-state index contributed by atoms with van der Waals surface area (Å²) in [6.07, 6.45) is 2.21. The lowest BCUT2D eigenvalue weighted by Gasteiger charge is -2.07. The van der Waals surface area contributed by atoms with Gasteiger partial charge in [-0.15, -0.1) is 11.3 Å². The van der Waals surface area contributed by atoms with E-state index in [1.165, 1.54) is 16.1 Å². The van der Waals surface area contributed by atoms with Crippen LogP contribution in [0.5, 0.6) is 0 Å². The zero-order valence-electron chi connectivity index (χ0n) is 11.9. The Morgan fingerprint density at radius 1 is 1.21 bits per heavy atom. The summed E-state index contributed by atoms with van der Waals surface area (Å²) in [5.74, 6) is 0. The predicted molar refractivity (Wildman–Crippen MR) is 83.5 cm³/mol. The maximum atomic E-state index is 4.83. The molecule has 1 N–H and O–H groups in total. The molecule has 2 nitrogen and oxygen atoms in total. The van der Waals surface area contributed by atoms with Gasteiger partial charge in [0, 0.05) is 23.0 Å². The van der Waals surface area contributed by atoms with Gasteiger partial charge in [-0.3, -0.25) is 0 Å². The Balaban J connectivity index is 2.24. The van der Waals surface area contributed by atoms with Crippen LogP contribution in [0.15, 0.2) is 30.3 Å². The zero-order chi connectivity index (χ0) is 13.7. The van der Waals surface area contributed by atoms with Crippen LogP contribution in [0.1, 0.15) is 37.8 Å². The second kappa shape index (κ2) is 6.83. The number of benzene rings is 1. The van der Waals surface area contributed by atoms with Gasteiger partial charge in [0.1, 0.15) is 5.01 Å². The van der Waals surface area contributed by atoms with E-state index >= 15 is 0 Å². The minimum atomic E-state index is 0.511. The third-order valence-corrected chi connectivity index (χ3v) is 4.10. The van der Waals surface area contributed by atoms with Crippen molar-refractivity contribution in [2.45, 2.75) is 46.2 Å². The highest BCUT2D eigenvalue weighted by molar-refractivity contribution is 7.15. The lowest BCUT2D eigenvalue weighted by Crippen LogP contribution is -2.21. The van der Waals surface area contributed by atoms with Gasteiger partial charge in [-0.25, -0.2) is 4.98 Å². The van der Waals surface area contributed by atoms with Gasteiger partial charge in [0.15, 0.2) is 0 Å². The second-order valence-electron chi connectivity index (χ2n) is 5.04. The van der Waals surface area contributed by atoms with E-state index in [1.807, 2.05) is 17.4 Å². The van der Waals surface area contributed by atoms with E-state index in [0.29, 0.717) is 6.04 Å². The van der Waals surface area contributed by atoms with Crippen molar-refractivity contribution in [1.29, 1.82) is 0 Å². The van der Waals surface area contributed by atoms with Crippen LogP contribution in [0.25, 0.3) is 10.6 Å². The van der Waals surface area contributed by atoms with Gasteiger partial charge in [-0.05, 0) is 6.42 Å². The molecule has 2 aromatic rings. The molecule has 1 heterocycles. The molecule has 0 bridgehead atoms. The molecule has 0 fully saturated rings. The minimum Gasteiger partial charge on any atom is -0.310 e. The fourth-order valence-electron chi connectivity index (χ4n) is 1.95. The highest BCUT2D eigenvalue weighted by Gasteiger charge is 2.11. The lowest BCUT2D eigenvalue weighted by molar-refractivity contribution is 0.589. The van der Waals surface area contributed by atoms with Crippen molar-refractivity contribution < 1.29 is 0 Å². The SMILES string of the molecule is CCCc1nc(-c2ccccc2)sc1CNC(C)C. The third-order valence-electron chi connectivity index (χ3n) is 2.96. The Morgan fingerprint density at radius 3 is 2.58 bits per heavy atom. The number of nitrogens with zero attached hydrogens (tertiary/aromatic N) is 1. The van der Waals surface area contributed by atoms with Gasteiger partial charge in [0.25, 0.3) is 0 Å². The standard InChI is InChI=1S/C16H22N2S/c1-4-8-14-15(11-17-12(2)3)19-16(18-14)13-9-6-5-7-10-13/h5-7,9-10,12,17H,4,8,11H2,1-3H3. The third kappa shape index (κ3) is 3.88. The first kappa shape index (κ1) is 14.2. The van der Waals surface area contributed by atoms with Crippen LogP contribution in [-0.2, 0) is 13.0 Å². The molecule has 0 amide bonds. The largest absolute Gasteiger partial charge is 0.310 e. The Bertz CT molecular complexity index is 503. The zero-order valence-corrected chi connectivity index (χ0v) is 12.8. The number of nitrogens with one attached hydrogen (secondary N) is 1. The van der Waals surface area contributed by atoms with Crippen molar-refractivity contribution in [3.8, 4) is 10.6 Å². The first-order valence-corrected chi connectivity index (χ1v) is 7.79. The fourth-order valence-corrected chi connectivity index (χ4v) is 3.02. The molecule has 0 spiro atoms. The summed E-state index contributed by atoms with van der Waals surface area (Å²) < 4.78 is 0. The predicted octanol–water partition coefficient (Wildman–Crippen LogP) is 4.26. The van der Waals surface area contributed by atoms with Gasteiger partial charge < -0.3 is 5.32 Å². The Kier molecular flexibility index (Phi) is 5.11. The average molecular weight is 274 g/mol. The smallest absolute Gasteiger partial charge is 0.123 e. The molecule has 0 saturated heterocycles. The molecule has 0 radical (unpaired) electrons. The normalized spacial score (nSPS) is 11.2. The summed E-state index contributed by atoms with van der Waals surface area (Å²) in [5.41, 5.74) is 2.49. The van der Waals surface area contributed by atoms with E-state index in [0.717, 1.165) is 24.4 Å². The number of thiazole rings is 1. The van der Waals surface area contributed by atoms with E-state index < -0.39 is 0 Å². The molecular weight excluding hydrogens is 252 g/mol. The van der Waals surface area contributed by atoms with E-state index in [2.05, 4.69) is 50.4 Å². The number of hydrogen-bond donors (Lipinski definition) is 1. The van der Waals surface area contributed by atoms with Gasteiger partial charge in [-0.1, -0.05) is 57.5 Å². The Labute approximate surface area is 119 Å². The summed E-state index contributed by atoms with van der Waals surface area (Å²) in [5, 5.41) is 4.64. The quantitative estimate of drug-likeness (QED) is 0.851. The average Bonchev–Trinajstić information content (AvgIpc) is 2.81. The van der Waals surface area contributed by atoms with Crippen molar-refractivity contribution in [2.75, 3.05) is 0 Å². The van der Waals surface area contributed by atoms with Crippen molar-refractivity contribution in [3.63, 3.8) is 0 Å². The van der Waals surface area contributed by atoms with Crippen LogP contribution in [0.2, 0.25) is 0 Å². The molecule has 0 aliphatic rings. The Hall–Kier alpha value is -1.19. The summed E-state index contributed by atoms with van der Waals surface area (Å²) >= 11 is 1.82.